The molecule has 118 valence electrons. The zero-order valence-electron chi connectivity index (χ0n) is 13.3. The second-order valence-electron chi connectivity index (χ2n) is 6.49. The van der Waals surface area contributed by atoms with Crippen LogP contribution < -0.4 is 0 Å². The van der Waals surface area contributed by atoms with E-state index in [0.29, 0.717) is 0 Å². The van der Waals surface area contributed by atoms with Gasteiger partial charge in [0.25, 0.3) is 0 Å². The first-order valence-corrected chi connectivity index (χ1v) is 7.67. The van der Waals surface area contributed by atoms with Crippen LogP contribution in [0.1, 0.15) is 33.0 Å². The average Bonchev–Trinajstić information content (AvgIpc) is 2.91. The third-order valence-electron chi connectivity index (χ3n) is 3.50. The molecule has 5 nitrogen and oxygen atoms in total. The van der Waals surface area contributed by atoms with E-state index in [4.69, 9.17) is 9.15 Å². The predicted molar refractivity (Wildman–Crippen MR) is 81.3 cm³/mol. The number of hydrogen-bond donors (Lipinski definition) is 0. The molecule has 2 rings (SSSR count). The van der Waals surface area contributed by atoms with Gasteiger partial charge >= 0.3 is 6.09 Å². The molecule has 2 heterocycles. The molecule has 0 atom stereocenters. The van der Waals surface area contributed by atoms with Crippen LogP contribution in [-0.4, -0.2) is 54.2 Å². The van der Waals surface area contributed by atoms with Crippen molar-refractivity contribution in [1.29, 1.82) is 0 Å². The van der Waals surface area contributed by atoms with Crippen molar-refractivity contribution in [3.05, 3.63) is 24.2 Å². The van der Waals surface area contributed by atoms with Gasteiger partial charge in [-0.2, -0.15) is 0 Å². The van der Waals surface area contributed by atoms with Crippen molar-refractivity contribution in [2.24, 2.45) is 0 Å². The summed E-state index contributed by atoms with van der Waals surface area (Å²) in [5, 5.41) is 0. The lowest BCUT2D eigenvalue weighted by Crippen LogP contribution is -2.50. The van der Waals surface area contributed by atoms with Crippen LogP contribution in [0.5, 0.6) is 0 Å². The van der Waals surface area contributed by atoms with Crippen LogP contribution in [0.4, 0.5) is 4.79 Å². The van der Waals surface area contributed by atoms with E-state index in [0.717, 1.165) is 51.3 Å². The summed E-state index contributed by atoms with van der Waals surface area (Å²) in [6.45, 7) is 10.1. The molecule has 0 aromatic carbocycles. The molecule has 1 saturated heterocycles. The van der Waals surface area contributed by atoms with Crippen LogP contribution in [-0.2, 0) is 11.2 Å². The van der Waals surface area contributed by atoms with Gasteiger partial charge in [-0.15, -0.1) is 0 Å². The normalized spacial score (nSPS) is 17.0. The molecule has 1 aromatic rings. The fourth-order valence-corrected chi connectivity index (χ4v) is 2.41. The smallest absolute Gasteiger partial charge is 0.410 e. The zero-order valence-corrected chi connectivity index (χ0v) is 13.3. The zero-order chi connectivity index (χ0) is 15.3. The van der Waals surface area contributed by atoms with Crippen molar-refractivity contribution >= 4 is 6.09 Å². The molecular formula is C16H26N2O3. The topological polar surface area (TPSA) is 45.9 Å². The Labute approximate surface area is 126 Å². The minimum absolute atomic E-state index is 0.197. The van der Waals surface area contributed by atoms with Crippen molar-refractivity contribution in [3.8, 4) is 0 Å². The van der Waals surface area contributed by atoms with Crippen molar-refractivity contribution < 1.29 is 13.9 Å². The lowest BCUT2D eigenvalue weighted by molar-refractivity contribution is 0.0144. The molecule has 1 fully saturated rings. The summed E-state index contributed by atoms with van der Waals surface area (Å²) in [6, 6.07) is 3.94. The van der Waals surface area contributed by atoms with Crippen molar-refractivity contribution in [2.75, 3.05) is 32.7 Å². The Hall–Kier alpha value is -1.49. The average molecular weight is 294 g/mol. The number of ether oxygens (including phenoxy) is 1. The summed E-state index contributed by atoms with van der Waals surface area (Å²) in [4.78, 5) is 16.2. The van der Waals surface area contributed by atoms with E-state index in [2.05, 4.69) is 4.90 Å². The van der Waals surface area contributed by atoms with Crippen molar-refractivity contribution in [3.63, 3.8) is 0 Å². The van der Waals surface area contributed by atoms with Crippen LogP contribution in [0.2, 0.25) is 0 Å². The summed E-state index contributed by atoms with van der Waals surface area (Å²) in [6.07, 6.45) is 3.58. The van der Waals surface area contributed by atoms with E-state index in [1.807, 2.05) is 32.9 Å². The fourth-order valence-electron chi connectivity index (χ4n) is 2.41. The molecule has 1 aliphatic rings. The van der Waals surface area contributed by atoms with E-state index in [-0.39, 0.29) is 6.09 Å². The predicted octanol–water partition coefficient (Wildman–Crippen LogP) is 2.76. The number of furan rings is 1. The Balaban J connectivity index is 1.65. The SMILES string of the molecule is CC(C)(C)OC(=O)N1CCN(CCCc2ccco2)CC1. The molecule has 0 spiro atoms. The lowest BCUT2D eigenvalue weighted by atomic mass is 10.2. The maximum Gasteiger partial charge on any atom is 0.410 e. The highest BCUT2D eigenvalue weighted by atomic mass is 16.6. The summed E-state index contributed by atoms with van der Waals surface area (Å²) < 4.78 is 10.7. The summed E-state index contributed by atoms with van der Waals surface area (Å²) >= 11 is 0. The first kappa shape index (κ1) is 15.9. The first-order valence-electron chi connectivity index (χ1n) is 7.67. The number of piperazine rings is 1. The molecule has 0 N–H and O–H groups in total. The van der Waals surface area contributed by atoms with Crippen LogP contribution in [0.25, 0.3) is 0 Å². The lowest BCUT2D eigenvalue weighted by Gasteiger charge is -2.35. The highest BCUT2D eigenvalue weighted by Crippen LogP contribution is 2.12. The van der Waals surface area contributed by atoms with Gasteiger partial charge in [0.05, 0.1) is 6.26 Å². The number of carbonyl (C=O) groups excluding carboxylic acids is 1. The first-order chi connectivity index (χ1) is 9.94. The third kappa shape index (κ3) is 5.42. The van der Waals surface area contributed by atoms with Gasteiger partial charge in [0.2, 0.25) is 0 Å². The van der Waals surface area contributed by atoms with Crippen LogP contribution in [0.15, 0.2) is 22.8 Å². The second-order valence-corrected chi connectivity index (χ2v) is 6.49. The Morgan fingerprint density at radius 1 is 1.29 bits per heavy atom. The molecule has 1 aliphatic heterocycles. The monoisotopic (exact) mass is 294 g/mol. The highest BCUT2D eigenvalue weighted by molar-refractivity contribution is 5.68. The molecule has 21 heavy (non-hydrogen) atoms. The van der Waals surface area contributed by atoms with Crippen molar-refractivity contribution in [2.45, 2.75) is 39.2 Å². The molecule has 0 unspecified atom stereocenters. The Kier molecular flexibility index (Phi) is 5.28. The number of carbonyl (C=O) groups is 1. The molecule has 0 saturated carbocycles. The van der Waals surface area contributed by atoms with E-state index in [1.54, 1.807) is 11.2 Å². The summed E-state index contributed by atoms with van der Waals surface area (Å²) in [5.41, 5.74) is -0.419. The third-order valence-corrected chi connectivity index (χ3v) is 3.50. The standard InChI is InChI=1S/C16H26N2O3/c1-16(2,3)21-15(19)18-11-9-17(10-12-18)8-4-6-14-7-5-13-20-14/h5,7,13H,4,6,8-12H2,1-3H3. The van der Waals surface area contributed by atoms with Gasteiger partial charge in [0.15, 0.2) is 0 Å². The Bertz CT molecular complexity index is 429. The van der Waals surface area contributed by atoms with Gasteiger partial charge in [-0.25, -0.2) is 4.79 Å². The molecule has 1 amide bonds. The fraction of sp³-hybridized carbons (Fsp3) is 0.688. The van der Waals surface area contributed by atoms with Crippen LogP contribution in [0, 0.1) is 0 Å². The van der Waals surface area contributed by atoms with Gasteiger partial charge in [-0.05, 0) is 45.9 Å². The van der Waals surface area contributed by atoms with Crippen LogP contribution in [0.3, 0.4) is 0 Å². The van der Waals surface area contributed by atoms with E-state index in [1.165, 1.54) is 0 Å². The maximum absolute atomic E-state index is 12.0. The Morgan fingerprint density at radius 2 is 2.00 bits per heavy atom. The highest BCUT2D eigenvalue weighted by Gasteiger charge is 2.25. The summed E-state index contributed by atoms with van der Waals surface area (Å²) in [7, 11) is 0. The van der Waals surface area contributed by atoms with E-state index < -0.39 is 5.60 Å². The van der Waals surface area contributed by atoms with Crippen LogP contribution >= 0.6 is 0 Å². The van der Waals surface area contributed by atoms with Gasteiger partial charge < -0.3 is 14.1 Å². The van der Waals surface area contributed by atoms with E-state index in [9.17, 15) is 4.79 Å². The minimum Gasteiger partial charge on any atom is -0.469 e. The second kappa shape index (κ2) is 6.98. The molecule has 1 aromatic heterocycles. The molecule has 0 bridgehead atoms. The maximum atomic E-state index is 12.0. The van der Waals surface area contributed by atoms with Crippen molar-refractivity contribution in [1.82, 2.24) is 9.80 Å². The number of nitrogens with zero attached hydrogens (tertiary/aromatic N) is 2. The number of hydrogen-bond acceptors (Lipinski definition) is 4. The quantitative estimate of drug-likeness (QED) is 0.856. The van der Waals surface area contributed by atoms with Gasteiger partial charge in [-0.3, -0.25) is 4.90 Å². The minimum atomic E-state index is -0.419. The molecule has 0 radical (unpaired) electrons. The number of rotatable bonds is 4. The Morgan fingerprint density at radius 3 is 2.57 bits per heavy atom. The van der Waals surface area contributed by atoms with Gasteiger partial charge in [0, 0.05) is 32.6 Å². The van der Waals surface area contributed by atoms with E-state index >= 15 is 0 Å². The van der Waals surface area contributed by atoms with Gasteiger partial charge in [-0.1, -0.05) is 0 Å². The summed E-state index contributed by atoms with van der Waals surface area (Å²) in [5.74, 6) is 1.04. The number of amides is 1. The largest absolute Gasteiger partial charge is 0.469 e. The molecular weight excluding hydrogens is 268 g/mol. The van der Waals surface area contributed by atoms with Gasteiger partial charge in [0.1, 0.15) is 11.4 Å². The molecule has 5 heteroatoms. The molecule has 0 aliphatic carbocycles. The number of aryl methyl sites for hydroxylation is 1.